The Bertz CT molecular complexity index is 297. The zero-order valence-corrected chi connectivity index (χ0v) is 14.3. The molecule has 1 aliphatic rings. The highest BCUT2D eigenvalue weighted by atomic mass is 16.6. The van der Waals surface area contributed by atoms with Crippen LogP contribution in [0.1, 0.15) is 92.4 Å². The van der Waals surface area contributed by atoms with Crippen LogP contribution in [0.25, 0.3) is 0 Å². The number of esters is 1. The molecule has 0 radical (unpaired) electrons. The van der Waals surface area contributed by atoms with Gasteiger partial charge in [-0.05, 0) is 45.4 Å². The molecule has 0 unspecified atom stereocenters. The van der Waals surface area contributed by atoms with Crippen molar-refractivity contribution in [2.75, 3.05) is 0 Å². The molecule has 0 saturated heterocycles. The van der Waals surface area contributed by atoms with Crippen LogP contribution in [-0.4, -0.2) is 11.6 Å². The molecular formula is C18H34O2. The molecule has 118 valence electrons. The van der Waals surface area contributed by atoms with Crippen molar-refractivity contribution in [3.8, 4) is 0 Å². The smallest absolute Gasteiger partial charge is 0.312 e. The van der Waals surface area contributed by atoms with Crippen LogP contribution in [0, 0.1) is 11.3 Å². The van der Waals surface area contributed by atoms with E-state index >= 15 is 0 Å². The van der Waals surface area contributed by atoms with Gasteiger partial charge >= 0.3 is 5.97 Å². The summed E-state index contributed by atoms with van der Waals surface area (Å²) < 4.78 is 6.06. The van der Waals surface area contributed by atoms with Gasteiger partial charge in [-0.25, -0.2) is 0 Å². The first-order valence-electron chi connectivity index (χ1n) is 8.62. The summed E-state index contributed by atoms with van der Waals surface area (Å²) in [7, 11) is 0. The second-order valence-corrected chi connectivity index (χ2v) is 7.23. The fourth-order valence-electron chi connectivity index (χ4n) is 3.12. The highest BCUT2D eigenvalue weighted by Crippen LogP contribution is 2.37. The predicted molar refractivity (Wildman–Crippen MR) is 84.7 cm³/mol. The lowest BCUT2D eigenvalue weighted by molar-refractivity contribution is -0.174. The standard InChI is InChI=1S/C18H34O2/c1-6-17(4,5)16(19)20-18(7-2,8-3)14-15-12-10-9-11-13-15/h15H,6-14H2,1-5H3. The maximum atomic E-state index is 12.4. The molecule has 1 saturated carbocycles. The van der Waals surface area contributed by atoms with E-state index in [-0.39, 0.29) is 17.0 Å². The lowest BCUT2D eigenvalue weighted by Gasteiger charge is -2.38. The largest absolute Gasteiger partial charge is 0.459 e. The summed E-state index contributed by atoms with van der Waals surface area (Å²) in [5.74, 6) is 0.737. The molecule has 1 aliphatic carbocycles. The van der Waals surface area contributed by atoms with Crippen LogP contribution in [0.15, 0.2) is 0 Å². The van der Waals surface area contributed by atoms with Gasteiger partial charge < -0.3 is 4.74 Å². The summed E-state index contributed by atoms with van der Waals surface area (Å²) in [4.78, 5) is 12.4. The van der Waals surface area contributed by atoms with Gasteiger partial charge in [0.25, 0.3) is 0 Å². The minimum absolute atomic E-state index is 0.0143. The van der Waals surface area contributed by atoms with E-state index in [2.05, 4.69) is 20.8 Å². The highest BCUT2D eigenvalue weighted by Gasteiger charge is 2.38. The molecule has 1 fully saturated rings. The van der Waals surface area contributed by atoms with E-state index in [1.807, 2.05) is 13.8 Å². The van der Waals surface area contributed by atoms with Crippen LogP contribution in [0.2, 0.25) is 0 Å². The quantitative estimate of drug-likeness (QED) is 0.577. The SMILES string of the molecule is CCC(CC)(CC1CCCCC1)OC(=O)C(C)(C)CC. The molecule has 0 aromatic carbocycles. The second kappa shape index (κ2) is 7.47. The summed E-state index contributed by atoms with van der Waals surface area (Å²) in [5, 5.41) is 0. The van der Waals surface area contributed by atoms with Crippen LogP contribution in [-0.2, 0) is 9.53 Å². The molecule has 0 atom stereocenters. The first-order chi connectivity index (χ1) is 9.39. The van der Waals surface area contributed by atoms with Crippen molar-refractivity contribution in [2.24, 2.45) is 11.3 Å². The van der Waals surface area contributed by atoms with E-state index in [1.165, 1.54) is 32.1 Å². The van der Waals surface area contributed by atoms with Gasteiger partial charge in [0.05, 0.1) is 5.41 Å². The monoisotopic (exact) mass is 282 g/mol. The summed E-state index contributed by atoms with van der Waals surface area (Å²) in [5.41, 5.74) is -0.590. The zero-order chi connectivity index (χ0) is 15.2. The van der Waals surface area contributed by atoms with Crippen molar-refractivity contribution < 1.29 is 9.53 Å². The minimum Gasteiger partial charge on any atom is -0.459 e. The van der Waals surface area contributed by atoms with Crippen molar-refractivity contribution in [1.82, 2.24) is 0 Å². The number of hydrogen-bond acceptors (Lipinski definition) is 2. The Morgan fingerprint density at radius 2 is 1.55 bits per heavy atom. The van der Waals surface area contributed by atoms with E-state index in [0.29, 0.717) is 0 Å². The van der Waals surface area contributed by atoms with E-state index in [1.54, 1.807) is 0 Å². The molecule has 0 aromatic heterocycles. The topological polar surface area (TPSA) is 26.3 Å². The fourth-order valence-corrected chi connectivity index (χ4v) is 3.12. The third-order valence-corrected chi connectivity index (χ3v) is 5.42. The molecule has 0 bridgehead atoms. The Balaban J connectivity index is 2.72. The summed E-state index contributed by atoms with van der Waals surface area (Å²) in [6.07, 6.45) is 10.5. The van der Waals surface area contributed by atoms with Crippen LogP contribution in [0.4, 0.5) is 0 Å². The van der Waals surface area contributed by atoms with Crippen molar-refractivity contribution in [3.05, 3.63) is 0 Å². The van der Waals surface area contributed by atoms with Crippen LogP contribution >= 0.6 is 0 Å². The van der Waals surface area contributed by atoms with Crippen molar-refractivity contribution >= 4 is 5.97 Å². The molecule has 0 aliphatic heterocycles. The maximum absolute atomic E-state index is 12.4. The van der Waals surface area contributed by atoms with E-state index in [9.17, 15) is 4.79 Å². The lowest BCUT2D eigenvalue weighted by Crippen LogP contribution is -2.40. The average molecular weight is 282 g/mol. The molecule has 0 spiro atoms. The number of carbonyl (C=O) groups is 1. The number of carbonyl (C=O) groups excluding carboxylic acids is 1. The minimum atomic E-state index is -0.359. The third kappa shape index (κ3) is 4.49. The summed E-state index contributed by atoms with van der Waals surface area (Å²) in [6, 6.07) is 0. The lowest BCUT2D eigenvalue weighted by atomic mass is 9.78. The Morgan fingerprint density at radius 3 is 2.00 bits per heavy atom. The van der Waals surface area contributed by atoms with Gasteiger partial charge in [-0.3, -0.25) is 4.79 Å². The first-order valence-corrected chi connectivity index (χ1v) is 8.62. The van der Waals surface area contributed by atoms with Gasteiger partial charge in [0.1, 0.15) is 5.60 Å². The molecule has 0 heterocycles. The van der Waals surface area contributed by atoms with E-state index in [4.69, 9.17) is 4.74 Å². The molecule has 2 nitrogen and oxygen atoms in total. The Kier molecular flexibility index (Phi) is 6.54. The van der Waals surface area contributed by atoms with Gasteiger partial charge in [0.15, 0.2) is 0 Å². The molecule has 0 N–H and O–H groups in total. The Hall–Kier alpha value is -0.530. The number of ether oxygens (including phenoxy) is 1. The molecule has 1 rings (SSSR count). The highest BCUT2D eigenvalue weighted by molar-refractivity contribution is 5.76. The fraction of sp³-hybridized carbons (Fsp3) is 0.944. The maximum Gasteiger partial charge on any atom is 0.312 e. The number of hydrogen-bond donors (Lipinski definition) is 0. The third-order valence-electron chi connectivity index (χ3n) is 5.42. The second-order valence-electron chi connectivity index (χ2n) is 7.23. The molecular weight excluding hydrogens is 248 g/mol. The molecule has 2 heteroatoms. The average Bonchev–Trinajstić information content (AvgIpc) is 2.47. The van der Waals surface area contributed by atoms with Gasteiger partial charge in [-0.1, -0.05) is 52.9 Å². The van der Waals surface area contributed by atoms with Crippen LogP contribution in [0.3, 0.4) is 0 Å². The number of rotatable bonds is 7. The van der Waals surface area contributed by atoms with Crippen LogP contribution < -0.4 is 0 Å². The Labute approximate surface area is 125 Å². The van der Waals surface area contributed by atoms with Crippen molar-refractivity contribution in [2.45, 2.75) is 98.0 Å². The summed E-state index contributed by atoms with van der Waals surface area (Å²) in [6.45, 7) is 10.4. The van der Waals surface area contributed by atoms with Crippen LogP contribution in [0.5, 0.6) is 0 Å². The van der Waals surface area contributed by atoms with Gasteiger partial charge in [-0.15, -0.1) is 0 Å². The van der Waals surface area contributed by atoms with E-state index < -0.39 is 0 Å². The Morgan fingerprint density at radius 1 is 1.00 bits per heavy atom. The van der Waals surface area contributed by atoms with Gasteiger partial charge in [0.2, 0.25) is 0 Å². The van der Waals surface area contributed by atoms with Crippen molar-refractivity contribution in [1.29, 1.82) is 0 Å². The molecule has 0 amide bonds. The van der Waals surface area contributed by atoms with Crippen molar-refractivity contribution in [3.63, 3.8) is 0 Å². The zero-order valence-electron chi connectivity index (χ0n) is 14.3. The molecule has 20 heavy (non-hydrogen) atoms. The normalized spacial score (nSPS) is 18.1. The predicted octanol–water partition coefficient (Wildman–Crippen LogP) is 5.50. The van der Waals surface area contributed by atoms with E-state index in [0.717, 1.165) is 31.6 Å². The van der Waals surface area contributed by atoms with Gasteiger partial charge in [0, 0.05) is 0 Å². The van der Waals surface area contributed by atoms with Gasteiger partial charge in [-0.2, -0.15) is 0 Å². The summed E-state index contributed by atoms with van der Waals surface area (Å²) >= 11 is 0. The first kappa shape index (κ1) is 17.5. The molecule has 0 aromatic rings.